The molecule has 0 saturated heterocycles. The fourth-order valence-electron chi connectivity index (χ4n) is 0.442. The van der Waals surface area contributed by atoms with E-state index in [0.29, 0.717) is 0 Å². The van der Waals surface area contributed by atoms with Crippen LogP contribution in [0.25, 0.3) is 0 Å². The molecule has 0 radical (unpaired) electrons. The van der Waals surface area contributed by atoms with E-state index in [1.807, 2.05) is 6.92 Å². The molecule has 0 aliphatic rings. The predicted octanol–water partition coefficient (Wildman–Crippen LogP) is 0.751. The van der Waals surface area contributed by atoms with Crippen LogP contribution in [-0.2, 0) is 0 Å². The van der Waals surface area contributed by atoms with Crippen molar-refractivity contribution in [3.8, 4) is 0 Å². The number of nitrogens with zero attached hydrogens (tertiary/aromatic N) is 2. The van der Waals surface area contributed by atoms with Crippen molar-refractivity contribution < 1.29 is 0 Å². The zero-order chi connectivity index (χ0) is 6.69. The topological polar surface area (TPSA) is 51.8 Å². The highest BCUT2D eigenvalue weighted by molar-refractivity contribution is 7.97. The summed E-state index contributed by atoms with van der Waals surface area (Å²) in [4.78, 5) is 8.77. The van der Waals surface area contributed by atoms with Gasteiger partial charge in [0, 0.05) is 12.4 Å². The summed E-state index contributed by atoms with van der Waals surface area (Å²) in [7, 11) is 0. The molecule has 0 saturated carbocycles. The van der Waals surface area contributed by atoms with Gasteiger partial charge in [-0.25, -0.2) is 9.97 Å². The quantitative estimate of drug-likeness (QED) is 0.586. The monoisotopic (exact) mass is 141 g/mol. The molecule has 1 aromatic rings. The first kappa shape index (κ1) is 6.51. The summed E-state index contributed by atoms with van der Waals surface area (Å²) in [5, 5.41) is 5.24. The van der Waals surface area contributed by atoms with Crippen LogP contribution in [-0.4, -0.2) is 9.97 Å². The molecule has 0 unspecified atom stereocenters. The Hall–Kier alpha value is -0.610. The molecule has 9 heavy (non-hydrogen) atoms. The molecule has 0 amide bonds. The molecule has 2 N–H and O–H groups in total. The lowest BCUT2D eigenvalue weighted by Crippen LogP contribution is -1.87. The average Bonchev–Trinajstić information content (AvgIpc) is 1.90. The van der Waals surface area contributed by atoms with E-state index >= 15 is 0 Å². The average molecular weight is 141 g/mol. The molecule has 0 atom stereocenters. The van der Waals surface area contributed by atoms with Gasteiger partial charge in [0.25, 0.3) is 0 Å². The van der Waals surface area contributed by atoms with Crippen molar-refractivity contribution in [3.05, 3.63) is 18.2 Å². The summed E-state index contributed by atoms with van der Waals surface area (Å²) in [6.45, 7) is 1.84. The minimum absolute atomic E-state index is 0.771. The standard InChI is InChI=1S/C5H7N3S/c1-4-7-2-5(9-6)3-8-4/h2-3H,6H2,1H3. The Morgan fingerprint density at radius 1 is 1.44 bits per heavy atom. The number of aromatic nitrogens is 2. The number of rotatable bonds is 1. The highest BCUT2D eigenvalue weighted by Gasteiger charge is 1.88. The molecule has 1 aromatic heterocycles. The van der Waals surface area contributed by atoms with E-state index in [4.69, 9.17) is 5.14 Å². The van der Waals surface area contributed by atoms with Crippen LogP contribution in [0.1, 0.15) is 5.82 Å². The minimum Gasteiger partial charge on any atom is -0.273 e. The normalized spacial score (nSPS) is 9.56. The third-order valence-corrected chi connectivity index (χ3v) is 1.38. The molecule has 0 aliphatic heterocycles. The fourth-order valence-corrected chi connectivity index (χ4v) is 0.669. The molecular weight excluding hydrogens is 134 g/mol. The molecule has 1 rings (SSSR count). The van der Waals surface area contributed by atoms with Crippen LogP contribution in [0.4, 0.5) is 0 Å². The maximum Gasteiger partial charge on any atom is 0.125 e. The Morgan fingerprint density at radius 3 is 2.44 bits per heavy atom. The molecule has 3 nitrogen and oxygen atoms in total. The summed E-state index contributed by atoms with van der Waals surface area (Å²) in [6, 6.07) is 0. The summed E-state index contributed by atoms with van der Waals surface area (Å²) in [5.74, 6) is 0.771. The van der Waals surface area contributed by atoms with Crippen molar-refractivity contribution in [2.45, 2.75) is 11.8 Å². The maximum atomic E-state index is 5.24. The second-order valence-electron chi connectivity index (χ2n) is 1.58. The van der Waals surface area contributed by atoms with Gasteiger partial charge in [-0.1, -0.05) is 0 Å². The zero-order valence-corrected chi connectivity index (χ0v) is 5.85. The lowest BCUT2D eigenvalue weighted by molar-refractivity contribution is 1.01. The Bertz CT molecular complexity index is 184. The van der Waals surface area contributed by atoms with Crippen molar-refractivity contribution in [1.29, 1.82) is 0 Å². The molecule has 1 heterocycles. The van der Waals surface area contributed by atoms with Gasteiger partial charge < -0.3 is 0 Å². The summed E-state index contributed by atoms with van der Waals surface area (Å²) >= 11 is 1.15. The molecule has 0 fully saturated rings. The van der Waals surface area contributed by atoms with E-state index in [0.717, 1.165) is 22.7 Å². The second-order valence-corrected chi connectivity index (χ2v) is 2.29. The SMILES string of the molecule is Cc1ncc(SN)cn1. The second kappa shape index (κ2) is 2.80. The lowest BCUT2D eigenvalue weighted by atomic mass is 10.6. The summed E-state index contributed by atoms with van der Waals surface area (Å²) in [5.41, 5.74) is 0. The van der Waals surface area contributed by atoms with Gasteiger partial charge in [0.2, 0.25) is 0 Å². The van der Waals surface area contributed by atoms with Gasteiger partial charge in [-0.05, 0) is 18.9 Å². The number of nitrogens with two attached hydrogens (primary N) is 1. The van der Waals surface area contributed by atoms with Crippen LogP contribution in [0.15, 0.2) is 17.3 Å². The van der Waals surface area contributed by atoms with Gasteiger partial charge in [0.1, 0.15) is 5.82 Å². The third-order valence-electron chi connectivity index (χ3n) is 0.893. The van der Waals surface area contributed by atoms with Crippen LogP contribution in [0.2, 0.25) is 0 Å². The summed E-state index contributed by atoms with van der Waals surface area (Å²) < 4.78 is 0. The van der Waals surface area contributed by atoms with Crippen molar-refractivity contribution in [2.24, 2.45) is 5.14 Å². The number of hydrogen-bond acceptors (Lipinski definition) is 4. The Kier molecular flexibility index (Phi) is 2.02. The van der Waals surface area contributed by atoms with Gasteiger partial charge >= 0.3 is 0 Å². The van der Waals surface area contributed by atoms with Crippen molar-refractivity contribution in [2.75, 3.05) is 0 Å². The Balaban J connectivity index is 2.88. The third kappa shape index (κ3) is 1.65. The first-order valence-electron chi connectivity index (χ1n) is 2.48. The van der Waals surface area contributed by atoms with Crippen molar-refractivity contribution in [3.63, 3.8) is 0 Å². The van der Waals surface area contributed by atoms with Gasteiger partial charge in [0.05, 0.1) is 4.90 Å². The van der Waals surface area contributed by atoms with E-state index in [1.165, 1.54) is 0 Å². The van der Waals surface area contributed by atoms with Gasteiger partial charge in [0.15, 0.2) is 0 Å². The van der Waals surface area contributed by atoms with Crippen LogP contribution in [0.3, 0.4) is 0 Å². The van der Waals surface area contributed by atoms with E-state index < -0.39 is 0 Å². The Labute approximate surface area is 57.8 Å². The fraction of sp³-hybridized carbons (Fsp3) is 0.200. The highest BCUT2D eigenvalue weighted by Crippen LogP contribution is 2.06. The first-order chi connectivity index (χ1) is 4.33. The Morgan fingerprint density at radius 2 is 2.00 bits per heavy atom. The van der Waals surface area contributed by atoms with E-state index in [-0.39, 0.29) is 0 Å². The predicted molar refractivity (Wildman–Crippen MR) is 36.8 cm³/mol. The van der Waals surface area contributed by atoms with E-state index in [9.17, 15) is 0 Å². The number of hydrogen-bond donors (Lipinski definition) is 1. The van der Waals surface area contributed by atoms with Crippen LogP contribution < -0.4 is 5.14 Å². The van der Waals surface area contributed by atoms with Gasteiger partial charge in [-0.2, -0.15) is 0 Å². The molecule has 0 aliphatic carbocycles. The molecule has 0 aromatic carbocycles. The molecule has 4 heteroatoms. The van der Waals surface area contributed by atoms with E-state index in [1.54, 1.807) is 12.4 Å². The highest BCUT2D eigenvalue weighted by atomic mass is 32.2. The molecule has 48 valence electrons. The van der Waals surface area contributed by atoms with Crippen LogP contribution >= 0.6 is 11.9 Å². The molecule has 0 spiro atoms. The van der Waals surface area contributed by atoms with Crippen LogP contribution in [0, 0.1) is 6.92 Å². The summed E-state index contributed by atoms with van der Waals surface area (Å²) in [6.07, 6.45) is 3.40. The van der Waals surface area contributed by atoms with Gasteiger partial charge in [-0.3, -0.25) is 5.14 Å². The van der Waals surface area contributed by atoms with Gasteiger partial charge in [-0.15, -0.1) is 0 Å². The molecular formula is C5H7N3S. The number of aryl methyl sites for hydroxylation is 1. The van der Waals surface area contributed by atoms with Crippen LogP contribution in [0.5, 0.6) is 0 Å². The van der Waals surface area contributed by atoms with Crippen molar-refractivity contribution in [1.82, 2.24) is 9.97 Å². The first-order valence-corrected chi connectivity index (χ1v) is 3.36. The maximum absolute atomic E-state index is 5.24. The zero-order valence-electron chi connectivity index (χ0n) is 5.03. The van der Waals surface area contributed by atoms with E-state index in [2.05, 4.69) is 9.97 Å². The smallest absolute Gasteiger partial charge is 0.125 e. The largest absolute Gasteiger partial charge is 0.273 e. The molecule has 0 bridgehead atoms. The lowest BCUT2D eigenvalue weighted by Gasteiger charge is -1.92. The van der Waals surface area contributed by atoms with Crippen molar-refractivity contribution >= 4 is 11.9 Å². The minimum atomic E-state index is 0.771.